The van der Waals surface area contributed by atoms with Gasteiger partial charge in [-0.2, -0.15) is 0 Å². The van der Waals surface area contributed by atoms with Crippen LogP contribution in [0.25, 0.3) is 11.3 Å². The van der Waals surface area contributed by atoms with Crippen molar-refractivity contribution in [3.8, 4) is 11.3 Å². The molecule has 0 bridgehead atoms. The fraction of sp³-hybridized carbons (Fsp3) is 0.185. The van der Waals surface area contributed by atoms with E-state index in [4.69, 9.17) is 16.6 Å². The number of thiocarbonyl (C=S) groups is 1. The van der Waals surface area contributed by atoms with E-state index in [9.17, 15) is 10.1 Å². The molecule has 2 aromatic heterocycles. The average Bonchev–Trinajstić information content (AvgIpc) is 3.49. The molecule has 35 heavy (non-hydrogen) atoms. The average molecular weight is 485 g/mol. The maximum absolute atomic E-state index is 11.6. The van der Waals surface area contributed by atoms with Gasteiger partial charge in [0.25, 0.3) is 5.69 Å². The number of nitro groups is 1. The number of furan rings is 1. The van der Waals surface area contributed by atoms with Gasteiger partial charge in [0.2, 0.25) is 0 Å². The van der Waals surface area contributed by atoms with Crippen LogP contribution in [0.1, 0.15) is 48.9 Å². The lowest BCUT2D eigenvalue weighted by molar-refractivity contribution is -0.384. The molecule has 0 spiro atoms. The summed E-state index contributed by atoms with van der Waals surface area (Å²) in [5.74, 6) is 1.48. The molecule has 0 amide bonds. The van der Waals surface area contributed by atoms with Crippen LogP contribution in [0.15, 0.2) is 89.5 Å². The summed E-state index contributed by atoms with van der Waals surface area (Å²) in [7, 11) is 0. The summed E-state index contributed by atoms with van der Waals surface area (Å²) in [6.45, 7) is 4.31. The van der Waals surface area contributed by atoms with Crippen molar-refractivity contribution in [2.75, 3.05) is 4.90 Å². The largest absolute Gasteiger partial charge is 0.459 e. The van der Waals surface area contributed by atoms with Gasteiger partial charge in [-0.25, -0.2) is 0 Å². The number of benzene rings is 2. The minimum atomic E-state index is -0.400. The van der Waals surface area contributed by atoms with E-state index in [1.54, 1.807) is 30.5 Å². The summed E-state index contributed by atoms with van der Waals surface area (Å²) in [5, 5.41) is 15.5. The number of hydrogen-bond donors (Lipinski definition) is 1. The van der Waals surface area contributed by atoms with E-state index in [0.29, 0.717) is 28.1 Å². The van der Waals surface area contributed by atoms with Gasteiger partial charge in [0, 0.05) is 18.0 Å². The first-order valence-electron chi connectivity index (χ1n) is 11.4. The van der Waals surface area contributed by atoms with Gasteiger partial charge in [0.1, 0.15) is 17.6 Å². The second-order valence-electron chi connectivity index (χ2n) is 8.72. The summed E-state index contributed by atoms with van der Waals surface area (Å²) in [5.41, 5.74) is 3.42. The number of anilines is 1. The topological polar surface area (TPSA) is 84.4 Å². The summed E-state index contributed by atoms with van der Waals surface area (Å²) >= 11 is 5.77. The lowest BCUT2D eigenvalue weighted by Gasteiger charge is -2.26. The summed E-state index contributed by atoms with van der Waals surface area (Å²) in [6.07, 6.45) is 1.75. The van der Waals surface area contributed by atoms with Crippen LogP contribution in [0, 0.1) is 10.1 Å². The third-order valence-corrected chi connectivity index (χ3v) is 6.54. The predicted octanol–water partition coefficient (Wildman–Crippen LogP) is 6.55. The Morgan fingerprint density at radius 1 is 1.03 bits per heavy atom. The molecule has 0 unspecified atom stereocenters. The Bertz CT molecular complexity index is 1370. The van der Waals surface area contributed by atoms with E-state index < -0.39 is 4.92 Å². The second-order valence-corrected chi connectivity index (χ2v) is 9.11. The van der Waals surface area contributed by atoms with Crippen molar-refractivity contribution in [3.63, 3.8) is 0 Å². The van der Waals surface area contributed by atoms with Crippen molar-refractivity contribution in [1.29, 1.82) is 0 Å². The molecule has 1 aliphatic heterocycles. The summed E-state index contributed by atoms with van der Waals surface area (Å²) in [4.78, 5) is 17.8. The standard InChI is InChI=1S/C27H24N4O3S/c1-17(2)18-10-12-19(13-11-18)30-26(25(29-27(30)35)21-8-5-6-16-28-21)24-15-14-23(34-24)20-7-3-4-9-22(20)31(32)33/h3-17,25-26H,1-2H3,(H,29,35)/t25-,26-/m0/s1. The van der Waals surface area contributed by atoms with Crippen LogP contribution < -0.4 is 10.2 Å². The molecule has 1 N–H and O–H groups in total. The first-order valence-corrected chi connectivity index (χ1v) is 11.8. The molecule has 2 atom stereocenters. The third kappa shape index (κ3) is 4.28. The molecule has 0 saturated carbocycles. The monoisotopic (exact) mass is 484 g/mol. The van der Waals surface area contributed by atoms with E-state index in [0.717, 1.165) is 11.4 Å². The number of para-hydroxylation sites is 1. The summed E-state index contributed by atoms with van der Waals surface area (Å²) < 4.78 is 6.28. The zero-order chi connectivity index (χ0) is 24.5. The molecule has 1 fully saturated rings. The molecular formula is C27H24N4O3S. The molecular weight excluding hydrogens is 460 g/mol. The van der Waals surface area contributed by atoms with Gasteiger partial charge >= 0.3 is 0 Å². The van der Waals surface area contributed by atoms with Crippen molar-refractivity contribution in [2.45, 2.75) is 31.8 Å². The van der Waals surface area contributed by atoms with Crippen molar-refractivity contribution in [1.82, 2.24) is 10.3 Å². The van der Waals surface area contributed by atoms with Gasteiger partial charge < -0.3 is 14.6 Å². The highest BCUT2D eigenvalue weighted by Crippen LogP contribution is 2.43. The Labute approximate surface area is 208 Å². The zero-order valence-corrected chi connectivity index (χ0v) is 20.1. The molecule has 3 heterocycles. The van der Waals surface area contributed by atoms with Crippen molar-refractivity contribution in [2.24, 2.45) is 0 Å². The number of hydrogen-bond acceptors (Lipinski definition) is 5. The lowest BCUT2D eigenvalue weighted by Crippen LogP contribution is -2.29. The third-order valence-electron chi connectivity index (χ3n) is 6.22. The molecule has 0 radical (unpaired) electrons. The molecule has 4 aromatic rings. The molecule has 1 aliphatic rings. The van der Waals surface area contributed by atoms with E-state index in [1.807, 2.05) is 29.2 Å². The van der Waals surface area contributed by atoms with Gasteiger partial charge in [-0.05, 0) is 66.2 Å². The lowest BCUT2D eigenvalue weighted by atomic mass is 10.0. The van der Waals surface area contributed by atoms with Crippen LogP contribution >= 0.6 is 12.2 Å². The minimum Gasteiger partial charge on any atom is -0.459 e. The molecule has 1 saturated heterocycles. The van der Waals surface area contributed by atoms with Crippen LogP contribution in [0.5, 0.6) is 0 Å². The molecule has 0 aliphatic carbocycles. The van der Waals surface area contributed by atoms with Gasteiger partial charge in [-0.15, -0.1) is 0 Å². The fourth-order valence-electron chi connectivity index (χ4n) is 4.44. The van der Waals surface area contributed by atoms with Gasteiger partial charge in [-0.1, -0.05) is 44.2 Å². The van der Waals surface area contributed by atoms with Gasteiger partial charge in [0.15, 0.2) is 5.11 Å². The highest BCUT2D eigenvalue weighted by Gasteiger charge is 2.42. The number of nitro benzene ring substituents is 1. The fourth-order valence-corrected chi connectivity index (χ4v) is 4.79. The highest BCUT2D eigenvalue weighted by molar-refractivity contribution is 7.80. The van der Waals surface area contributed by atoms with Gasteiger partial charge in [-0.3, -0.25) is 15.1 Å². The Morgan fingerprint density at radius 2 is 1.77 bits per heavy atom. The Kier molecular flexibility index (Phi) is 6.05. The molecule has 7 nitrogen and oxygen atoms in total. The van der Waals surface area contributed by atoms with Crippen LogP contribution in [-0.2, 0) is 0 Å². The number of nitrogens with zero attached hydrogens (tertiary/aromatic N) is 3. The Balaban J connectivity index is 1.60. The predicted molar refractivity (Wildman–Crippen MR) is 139 cm³/mol. The first kappa shape index (κ1) is 22.7. The molecule has 176 valence electrons. The second kappa shape index (κ2) is 9.31. The maximum atomic E-state index is 11.6. The molecule has 5 rings (SSSR count). The van der Waals surface area contributed by atoms with Crippen LogP contribution in [-0.4, -0.2) is 15.0 Å². The minimum absolute atomic E-state index is 0.00382. The first-order chi connectivity index (χ1) is 16.9. The van der Waals surface area contributed by atoms with Crippen molar-refractivity contribution < 1.29 is 9.34 Å². The van der Waals surface area contributed by atoms with Gasteiger partial charge in [0.05, 0.1) is 22.2 Å². The summed E-state index contributed by atoms with van der Waals surface area (Å²) in [6, 6.07) is 23.7. The van der Waals surface area contributed by atoms with Crippen LogP contribution in [0.3, 0.4) is 0 Å². The van der Waals surface area contributed by atoms with E-state index in [2.05, 4.69) is 48.4 Å². The van der Waals surface area contributed by atoms with E-state index in [-0.39, 0.29) is 17.8 Å². The molecule has 2 aromatic carbocycles. The Hall–Kier alpha value is -4.04. The maximum Gasteiger partial charge on any atom is 0.280 e. The SMILES string of the molecule is CC(C)c1ccc(N2C(=S)N[C@@H](c3ccccn3)[C@@H]2c2ccc(-c3ccccc3[N+](=O)[O-])o2)cc1. The van der Waals surface area contributed by atoms with E-state index >= 15 is 0 Å². The smallest absolute Gasteiger partial charge is 0.280 e. The number of pyridine rings is 1. The quantitative estimate of drug-likeness (QED) is 0.189. The highest BCUT2D eigenvalue weighted by atomic mass is 32.1. The van der Waals surface area contributed by atoms with Crippen molar-refractivity contribution >= 4 is 28.7 Å². The van der Waals surface area contributed by atoms with E-state index in [1.165, 1.54) is 11.6 Å². The Morgan fingerprint density at radius 3 is 2.46 bits per heavy atom. The van der Waals surface area contributed by atoms with Crippen LogP contribution in [0.4, 0.5) is 11.4 Å². The normalized spacial score (nSPS) is 17.6. The molecule has 8 heteroatoms. The number of nitrogens with one attached hydrogen (secondary N) is 1. The zero-order valence-electron chi connectivity index (χ0n) is 19.3. The number of aromatic nitrogens is 1. The number of rotatable bonds is 6. The van der Waals surface area contributed by atoms with Crippen LogP contribution in [0.2, 0.25) is 0 Å². The van der Waals surface area contributed by atoms with Crippen molar-refractivity contribution in [3.05, 3.63) is 112 Å².